The van der Waals surface area contributed by atoms with Crippen LogP contribution < -0.4 is 10.2 Å². The van der Waals surface area contributed by atoms with Crippen molar-refractivity contribution in [1.82, 2.24) is 5.32 Å². The van der Waals surface area contributed by atoms with E-state index in [1.165, 1.54) is 28.1 Å². The minimum atomic E-state index is 0.905. The molecule has 112 valence electrons. The maximum atomic E-state index is 3.71. The summed E-state index contributed by atoms with van der Waals surface area (Å²) in [5.41, 5.74) is 6.30. The number of anilines is 2. The molecule has 2 nitrogen and oxygen atoms in total. The van der Waals surface area contributed by atoms with Crippen molar-refractivity contribution in [3.63, 3.8) is 0 Å². The number of nitrogens with zero attached hydrogens (tertiary/aromatic N) is 1. The molecule has 0 amide bonds. The quantitative estimate of drug-likeness (QED) is 0.824. The second-order valence-corrected chi connectivity index (χ2v) is 6.27. The molecule has 0 unspecified atom stereocenters. The van der Waals surface area contributed by atoms with Crippen molar-refractivity contribution in [2.75, 3.05) is 18.5 Å². The monoisotopic (exact) mass is 346 g/mol. The average Bonchev–Trinajstić information content (AvgIpc) is 2.44. The topological polar surface area (TPSA) is 15.3 Å². The number of aryl methyl sites for hydroxylation is 2. The van der Waals surface area contributed by atoms with Crippen LogP contribution in [0.25, 0.3) is 0 Å². The van der Waals surface area contributed by atoms with E-state index in [4.69, 9.17) is 0 Å². The number of hydrogen-bond acceptors (Lipinski definition) is 2. The van der Waals surface area contributed by atoms with Gasteiger partial charge >= 0.3 is 0 Å². The van der Waals surface area contributed by atoms with Crippen molar-refractivity contribution in [3.8, 4) is 0 Å². The Hall–Kier alpha value is -1.32. The van der Waals surface area contributed by atoms with Gasteiger partial charge in [-0.15, -0.1) is 0 Å². The summed E-state index contributed by atoms with van der Waals surface area (Å²) >= 11 is 3.71. The number of benzene rings is 2. The lowest BCUT2D eigenvalue weighted by Crippen LogP contribution is -2.14. The molecule has 0 aliphatic heterocycles. The highest BCUT2D eigenvalue weighted by molar-refractivity contribution is 9.10. The predicted octanol–water partition coefficient (Wildman–Crippen LogP) is 4.94. The number of halogens is 1. The van der Waals surface area contributed by atoms with Gasteiger partial charge in [0, 0.05) is 23.8 Å². The van der Waals surface area contributed by atoms with Crippen molar-refractivity contribution >= 4 is 27.3 Å². The zero-order valence-electron chi connectivity index (χ0n) is 13.2. The lowest BCUT2D eigenvalue weighted by atomic mass is 10.1. The summed E-state index contributed by atoms with van der Waals surface area (Å²) in [4.78, 5) is 2.23. The minimum absolute atomic E-state index is 0.905. The fourth-order valence-electron chi connectivity index (χ4n) is 2.51. The van der Waals surface area contributed by atoms with E-state index in [1.54, 1.807) is 0 Å². The van der Waals surface area contributed by atoms with Crippen LogP contribution in [-0.2, 0) is 6.54 Å². The molecule has 0 atom stereocenters. The Morgan fingerprint density at radius 1 is 1.05 bits per heavy atom. The number of hydrogen-bond donors (Lipinski definition) is 1. The lowest BCUT2D eigenvalue weighted by molar-refractivity contribution is 0.726. The van der Waals surface area contributed by atoms with E-state index in [9.17, 15) is 0 Å². The molecule has 0 saturated heterocycles. The van der Waals surface area contributed by atoms with Crippen molar-refractivity contribution in [1.29, 1.82) is 0 Å². The van der Waals surface area contributed by atoms with E-state index < -0.39 is 0 Å². The van der Waals surface area contributed by atoms with Gasteiger partial charge in [0.15, 0.2) is 0 Å². The molecule has 3 heteroatoms. The Labute approximate surface area is 136 Å². The first kappa shape index (κ1) is 16.1. The fourth-order valence-corrected chi connectivity index (χ4v) is 3.21. The van der Waals surface area contributed by atoms with Crippen LogP contribution in [0.2, 0.25) is 0 Å². The molecule has 0 aliphatic carbocycles. The predicted molar refractivity (Wildman–Crippen MR) is 95.5 cm³/mol. The molecule has 2 rings (SSSR count). The third-order valence-corrected chi connectivity index (χ3v) is 4.30. The van der Waals surface area contributed by atoms with Crippen LogP contribution in [0.15, 0.2) is 40.9 Å². The second kappa shape index (κ2) is 7.10. The second-order valence-electron chi connectivity index (χ2n) is 5.42. The van der Waals surface area contributed by atoms with Gasteiger partial charge in [-0.05, 0) is 65.6 Å². The highest BCUT2D eigenvalue weighted by Gasteiger charge is 2.10. The van der Waals surface area contributed by atoms with Gasteiger partial charge in [0.05, 0.1) is 5.69 Å². The van der Waals surface area contributed by atoms with Gasteiger partial charge in [0.1, 0.15) is 0 Å². The Morgan fingerprint density at radius 2 is 1.76 bits per heavy atom. The van der Waals surface area contributed by atoms with Crippen molar-refractivity contribution in [2.24, 2.45) is 0 Å². The van der Waals surface area contributed by atoms with Crippen LogP contribution in [-0.4, -0.2) is 13.6 Å². The van der Waals surface area contributed by atoms with Crippen molar-refractivity contribution in [3.05, 3.63) is 57.6 Å². The molecular formula is C18H23BrN2. The highest BCUT2D eigenvalue weighted by Crippen LogP contribution is 2.33. The van der Waals surface area contributed by atoms with Crippen LogP contribution >= 0.6 is 15.9 Å². The fraction of sp³-hybridized carbons (Fsp3) is 0.333. The van der Waals surface area contributed by atoms with Gasteiger partial charge in [-0.1, -0.05) is 30.7 Å². The van der Waals surface area contributed by atoms with Gasteiger partial charge in [-0.2, -0.15) is 0 Å². The average molecular weight is 347 g/mol. The van der Waals surface area contributed by atoms with E-state index in [-0.39, 0.29) is 0 Å². The Bertz CT molecular complexity index is 623. The Balaban J connectivity index is 2.28. The molecule has 0 heterocycles. The first-order valence-corrected chi connectivity index (χ1v) is 8.12. The smallest absolute Gasteiger partial charge is 0.0552 e. The molecule has 0 fully saturated rings. The molecule has 0 spiro atoms. The maximum absolute atomic E-state index is 3.71. The summed E-state index contributed by atoms with van der Waals surface area (Å²) in [7, 11) is 2.11. The van der Waals surface area contributed by atoms with Gasteiger partial charge < -0.3 is 10.2 Å². The number of nitrogens with one attached hydrogen (secondary N) is 1. The van der Waals surface area contributed by atoms with E-state index in [2.05, 4.69) is 90.4 Å². The molecule has 1 N–H and O–H groups in total. The van der Waals surface area contributed by atoms with E-state index >= 15 is 0 Å². The molecule has 21 heavy (non-hydrogen) atoms. The summed E-state index contributed by atoms with van der Waals surface area (Å²) in [6.45, 7) is 8.30. The van der Waals surface area contributed by atoms with Gasteiger partial charge in [-0.3, -0.25) is 0 Å². The van der Waals surface area contributed by atoms with Crippen LogP contribution in [0.4, 0.5) is 11.4 Å². The Morgan fingerprint density at radius 3 is 2.38 bits per heavy atom. The molecule has 0 aromatic heterocycles. The van der Waals surface area contributed by atoms with Gasteiger partial charge in [0.25, 0.3) is 0 Å². The Kier molecular flexibility index (Phi) is 5.43. The molecule has 0 aliphatic rings. The largest absolute Gasteiger partial charge is 0.343 e. The first-order chi connectivity index (χ1) is 10.0. The molecule has 0 radical (unpaired) electrons. The van der Waals surface area contributed by atoms with Crippen LogP contribution in [0.3, 0.4) is 0 Å². The minimum Gasteiger partial charge on any atom is -0.343 e. The first-order valence-electron chi connectivity index (χ1n) is 7.33. The summed E-state index contributed by atoms with van der Waals surface area (Å²) in [5.74, 6) is 0. The molecule has 2 aromatic rings. The van der Waals surface area contributed by atoms with Crippen molar-refractivity contribution in [2.45, 2.75) is 27.3 Å². The zero-order valence-corrected chi connectivity index (χ0v) is 14.8. The summed E-state index contributed by atoms with van der Waals surface area (Å²) in [5, 5.41) is 3.35. The maximum Gasteiger partial charge on any atom is 0.0552 e. The van der Waals surface area contributed by atoms with Crippen molar-refractivity contribution < 1.29 is 0 Å². The standard InChI is InChI=1S/C18H23BrN2/c1-5-20-12-15-7-9-18(16(19)11-15)21(4)17-8-6-13(2)10-14(17)3/h6-11,20H,5,12H2,1-4H3. The van der Waals surface area contributed by atoms with Crippen LogP contribution in [0, 0.1) is 13.8 Å². The van der Waals surface area contributed by atoms with E-state index in [1.807, 2.05) is 0 Å². The third kappa shape index (κ3) is 3.86. The van der Waals surface area contributed by atoms with Crippen LogP contribution in [0.1, 0.15) is 23.6 Å². The number of rotatable bonds is 5. The third-order valence-electron chi connectivity index (χ3n) is 3.67. The van der Waals surface area contributed by atoms with Gasteiger partial charge in [0.2, 0.25) is 0 Å². The molecule has 0 bridgehead atoms. The summed E-state index contributed by atoms with van der Waals surface area (Å²) < 4.78 is 1.13. The van der Waals surface area contributed by atoms with Gasteiger partial charge in [-0.25, -0.2) is 0 Å². The molecule has 0 saturated carbocycles. The summed E-state index contributed by atoms with van der Waals surface area (Å²) in [6, 6.07) is 13.1. The zero-order chi connectivity index (χ0) is 15.4. The molecule has 2 aromatic carbocycles. The van der Waals surface area contributed by atoms with E-state index in [0.29, 0.717) is 0 Å². The van der Waals surface area contributed by atoms with Crippen LogP contribution in [0.5, 0.6) is 0 Å². The highest BCUT2D eigenvalue weighted by atomic mass is 79.9. The lowest BCUT2D eigenvalue weighted by Gasteiger charge is -2.23. The summed E-state index contributed by atoms with van der Waals surface area (Å²) in [6.07, 6.45) is 0. The normalized spacial score (nSPS) is 10.7. The SMILES string of the molecule is CCNCc1ccc(N(C)c2ccc(C)cc2C)c(Br)c1. The van der Waals surface area contributed by atoms with E-state index in [0.717, 1.165) is 17.6 Å². The molecular weight excluding hydrogens is 324 g/mol.